The highest BCUT2D eigenvalue weighted by molar-refractivity contribution is 7.99. The van der Waals surface area contributed by atoms with Crippen molar-refractivity contribution in [1.29, 1.82) is 0 Å². The van der Waals surface area contributed by atoms with Gasteiger partial charge in [0.1, 0.15) is 0 Å². The Bertz CT molecular complexity index is 304. The van der Waals surface area contributed by atoms with E-state index in [2.05, 4.69) is 31.1 Å². The molecule has 0 radical (unpaired) electrons. The van der Waals surface area contributed by atoms with E-state index in [1.54, 1.807) is 23.1 Å². The maximum atomic E-state index is 8.91. The first-order valence-corrected chi connectivity index (χ1v) is 7.03. The minimum absolute atomic E-state index is 0.149. The Kier molecular flexibility index (Phi) is 4.62. The molecular formula is C11H19NOS2. The van der Waals surface area contributed by atoms with Crippen LogP contribution >= 0.6 is 23.1 Å². The van der Waals surface area contributed by atoms with Crippen LogP contribution in [0.5, 0.6) is 0 Å². The average Bonchev–Trinajstić information content (AvgIpc) is 2.61. The maximum absolute atomic E-state index is 8.91. The Morgan fingerprint density at radius 2 is 2.20 bits per heavy atom. The standard InChI is InChI=1S/C11H19NOS2/c1-8(5-13)14-6-9-7-15-10(12-9)11(2,3)4/h7-8,13H,5-6H2,1-4H3. The molecule has 0 aliphatic carbocycles. The van der Waals surface area contributed by atoms with Crippen molar-refractivity contribution in [1.82, 2.24) is 4.98 Å². The van der Waals surface area contributed by atoms with Crippen LogP contribution in [0.1, 0.15) is 38.4 Å². The van der Waals surface area contributed by atoms with E-state index in [-0.39, 0.29) is 12.0 Å². The van der Waals surface area contributed by atoms with Gasteiger partial charge in [0.05, 0.1) is 17.3 Å². The number of nitrogens with zero attached hydrogens (tertiary/aromatic N) is 1. The van der Waals surface area contributed by atoms with Gasteiger partial charge in [0.2, 0.25) is 0 Å². The third-order valence-corrected chi connectivity index (χ3v) is 4.46. The molecule has 1 rings (SSSR count). The van der Waals surface area contributed by atoms with Gasteiger partial charge in [-0.1, -0.05) is 27.7 Å². The van der Waals surface area contributed by atoms with Crippen molar-refractivity contribution >= 4 is 23.1 Å². The van der Waals surface area contributed by atoms with Crippen LogP contribution in [0.3, 0.4) is 0 Å². The lowest BCUT2D eigenvalue weighted by Gasteiger charge is -2.13. The summed E-state index contributed by atoms with van der Waals surface area (Å²) in [5.41, 5.74) is 1.28. The summed E-state index contributed by atoms with van der Waals surface area (Å²) >= 11 is 3.48. The molecule has 1 aromatic rings. The van der Waals surface area contributed by atoms with Gasteiger partial charge >= 0.3 is 0 Å². The molecule has 1 atom stereocenters. The molecule has 1 heterocycles. The molecule has 15 heavy (non-hydrogen) atoms. The van der Waals surface area contributed by atoms with Crippen molar-refractivity contribution in [2.24, 2.45) is 0 Å². The summed E-state index contributed by atoms with van der Waals surface area (Å²) in [6.07, 6.45) is 0. The van der Waals surface area contributed by atoms with E-state index in [0.29, 0.717) is 5.25 Å². The molecule has 86 valence electrons. The highest BCUT2D eigenvalue weighted by Crippen LogP contribution is 2.27. The molecule has 0 aliphatic rings. The van der Waals surface area contributed by atoms with Crippen LogP contribution in [0, 0.1) is 0 Å². The Morgan fingerprint density at radius 1 is 1.53 bits per heavy atom. The van der Waals surface area contributed by atoms with Crippen LogP contribution in [0.15, 0.2) is 5.38 Å². The van der Waals surface area contributed by atoms with E-state index < -0.39 is 0 Å². The van der Waals surface area contributed by atoms with E-state index in [1.807, 2.05) is 6.92 Å². The fourth-order valence-electron chi connectivity index (χ4n) is 0.998. The van der Waals surface area contributed by atoms with Crippen LogP contribution < -0.4 is 0 Å². The second-order valence-electron chi connectivity index (χ2n) is 4.70. The number of aromatic nitrogens is 1. The van der Waals surface area contributed by atoms with E-state index >= 15 is 0 Å². The Labute approximate surface area is 100 Å². The number of hydrogen-bond donors (Lipinski definition) is 1. The van der Waals surface area contributed by atoms with Crippen LogP contribution in [-0.4, -0.2) is 21.9 Å². The molecule has 0 bridgehead atoms. The molecule has 0 aromatic carbocycles. The molecule has 0 spiro atoms. The SMILES string of the molecule is CC(CO)SCc1csc(C(C)(C)C)n1. The van der Waals surface area contributed by atoms with Gasteiger partial charge in [0.25, 0.3) is 0 Å². The lowest BCUT2D eigenvalue weighted by molar-refractivity contribution is 0.300. The predicted octanol–water partition coefficient (Wildman–Crippen LogP) is 3.05. The van der Waals surface area contributed by atoms with Crippen LogP contribution in [0.4, 0.5) is 0 Å². The van der Waals surface area contributed by atoms with Gasteiger partial charge in [-0.15, -0.1) is 11.3 Å². The summed E-state index contributed by atoms with van der Waals surface area (Å²) < 4.78 is 0. The summed E-state index contributed by atoms with van der Waals surface area (Å²) in [6.45, 7) is 8.81. The minimum Gasteiger partial charge on any atom is -0.395 e. The summed E-state index contributed by atoms with van der Waals surface area (Å²) in [7, 11) is 0. The van der Waals surface area contributed by atoms with E-state index in [1.165, 1.54) is 5.01 Å². The number of thioether (sulfide) groups is 1. The van der Waals surface area contributed by atoms with Gasteiger partial charge < -0.3 is 5.11 Å². The summed E-state index contributed by atoms with van der Waals surface area (Å²) in [6, 6.07) is 0. The quantitative estimate of drug-likeness (QED) is 0.885. The van der Waals surface area contributed by atoms with Gasteiger partial charge in [0, 0.05) is 21.8 Å². The van der Waals surface area contributed by atoms with Crippen molar-refractivity contribution in [2.75, 3.05) is 6.61 Å². The van der Waals surface area contributed by atoms with E-state index in [9.17, 15) is 0 Å². The first-order valence-electron chi connectivity index (χ1n) is 5.11. The minimum atomic E-state index is 0.149. The molecule has 2 nitrogen and oxygen atoms in total. The summed E-state index contributed by atoms with van der Waals surface area (Å²) in [5, 5.41) is 12.5. The fraction of sp³-hybridized carbons (Fsp3) is 0.727. The Hall–Kier alpha value is -0.0600. The monoisotopic (exact) mass is 245 g/mol. The fourth-order valence-corrected chi connectivity index (χ4v) is 2.72. The highest BCUT2D eigenvalue weighted by atomic mass is 32.2. The zero-order chi connectivity index (χ0) is 11.5. The molecule has 1 unspecified atom stereocenters. The van der Waals surface area contributed by atoms with Crippen LogP contribution in [0.2, 0.25) is 0 Å². The van der Waals surface area contributed by atoms with Gasteiger partial charge in [-0.2, -0.15) is 11.8 Å². The second-order valence-corrected chi connectivity index (χ2v) is 6.98. The third-order valence-electron chi connectivity index (χ3n) is 1.97. The lowest BCUT2D eigenvalue weighted by atomic mass is 9.98. The lowest BCUT2D eigenvalue weighted by Crippen LogP contribution is -2.10. The third kappa shape index (κ3) is 4.13. The predicted molar refractivity (Wildman–Crippen MR) is 68.7 cm³/mol. The first-order chi connectivity index (χ1) is 6.93. The smallest absolute Gasteiger partial charge is 0.0982 e. The van der Waals surface area contributed by atoms with Crippen molar-refractivity contribution in [3.05, 3.63) is 16.1 Å². The molecule has 0 amide bonds. The van der Waals surface area contributed by atoms with Gasteiger partial charge in [-0.3, -0.25) is 0 Å². The van der Waals surface area contributed by atoms with Crippen molar-refractivity contribution in [3.63, 3.8) is 0 Å². The average molecular weight is 245 g/mol. The Morgan fingerprint density at radius 3 is 2.67 bits per heavy atom. The van der Waals surface area contributed by atoms with Crippen molar-refractivity contribution in [2.45, 2.75) is 44.1 Å². The Balaban J connectivity index is 2.54. The molecule has 0 saturated carbocycles. The number of aliphatic hydroxyl groups is 1. The first kappa shape index (κ1) is 13.0. The van der Waals surface area contributed by atoms with Crippen molar-refractivity contribution < 1.29 is 5.11 Å². The summed E-state index contributed by atoms with van der Waals surface area (Å²) in [4.78, 5) is 4.60. The highest BCUT2D eigenvalue weighted by Gasteiger charge is 2.17. The summed E-state index contributed by atoms with van der Waals surface area (Å²) in [5.74, 6) is 0.897. The van der Waals surface area contributed by atoms with Gasteiger partial charge in [0.15, 0.2) is 0 Å². The van der Waals surface area contributed by atoms with Gasteiger partial charge in [-0.25, -0.2) is 4.98 Å². The number of hydrogen-bond acceptors (Lipinski definition) is 4. The molecule has 0 saturated heterocycles. The number of aliphatic hydroxyl groups excluding tert-OH is 1. The number of rotatable bonds is 4. The molecule has 1 N–H and O–H groups in total. The maximum Gasteiger partial charge on any atom is 0.0982 e. The zero-order valence-electron chi connectivity index (χ0n) is 9.78. The normalized spacial score (nSPS) is 14.2. The topological polar surface area (TPSA) is 33.1 Å². The van der Waals surface area contributed by atoms with Crippen LogP contribution in [-0.2, 0) is 11.2 Å². The van der Waals surface area contributed by atoms with E-state index in [0.717, 1.165) is 11.4 Å². The molecule has 4 heteroatoms. The van der Waals surface area contributed by atoms with Crippen LogP contribution in [0.25, 0.3) is 0 Å². The zero-order valence-corrected chi connectivity index (χ0v) is 11.4. The largest absolute Gasteiger partial charge is 0.395 e. The molecule has 0 fully saturated rings. The van der Waals surface area contributed by atoms with Crippen molar-refractivity contribution in [3.8, 4) is 0 Å². The number of thiazole rings is 1. The second kappa shape index (κ2) is 5.32. The molecular weight excluding hydrogens is 226 g/mol. The van der Waals surface area contributed by atoms with Gasteiger partial charge in [-0.05, 0) is 0 Å². The molecule has 1 aromatic heterocycles. The van der Waals surface area contributed by atoms with E-state index in [4.69, 9.17) is 5.11 Å². The molecule has 0 aliphatic heterocycles.